The summed E-state index contributed by atoms with van der Waals surface area (Å²) in [5.74, 6) is 0.549. The molecule has 3 nitrogen and oxygen atoms in total. The Morgan fingerprint density at radius 2 is 1.66 bits per heavy atom. The fourth-order valence-electron chi connectivity index (χ4n) is 5.52. The molecule has 0 saturated carbocycles. The monoisotopic (exact) mass is 522 g/mol. The molecule has 1 heterocycles. The van der Waals surface area contributed by atoms with Crippen LogP contribution in [-0.4, -0.2) is 29.7 Å². The molecule has 6 rings (SSSR count). The number of hydrogen-bond donors (Lipinski definition) is 0. The van der Waals surface area contributed by atoms with Gasteiger partial charge in [0.15, 0.2) is 0 Å². The Bertz CT molecular complexity index is 1490. The predicted molar refractivity (Wildman–Crippen MR) is 142 cm³/mol. The van der Waals surface area contributed by atoms with Gasteiger partial charge < -0.3 is 0 Å². The molecule has 0 bridgehead atoms. The summed E-state index contributed by atoms with van der Waals surface area (Å²) >= 11 is 0.141. The van der Waals surface area contributed by atoms with Gasteiger partial charge in [-0.15, -0.1) is 0 Å². The molecule has 1 aliphatic rings. The number of rotatable bonds is 6. The van der Waals surface area contributed by atoms with E-state index in [1.54, 1.807) is 0 Å². The number of nitrogens with zero attached hydrogens (tertiary/aromatic N) is 2. The SMILES string of the molecule is O=C(C[C@@H](c1ccccc1)[C@@H]1CCCc2[se]nnc21)c1ccccc1-c1ccc2ccccc2c1. The first kappa shape index (κ1) is 22.2. The van der Waals surface area contributed by atoms with Gasteiger partial charge in [-0.05, 0) is 0 Å². The number of carbonyl (C=O) groups excluding carboxylic acids is 1. The van der Waals surface area contributed by atoms with Gasteiger partial charge in [0, 0.05) is 0 Å². The van der Waals surface area contributed by atoms with Crippen molar-refractivity contribution in [1.82, 2.24) is 9.19 Å². The molecule has 0 saturated heterocycles. The van der Waals surface area contributed by atoms with E-state index >= 15 is 0 Å². The Kier molecular flexibility index (Phi) is 6.16. The molecule has 0 unspecified atom stereocenters. The molecular formula is C31H26N2OSe. The second-order valence-corrected chi connectivity index (χ2v) is 11.1. The van der Waals surface area contributed by atoms with Gasteiger partial charge in [-0.1, -0.05) is 18.2 Å². The number of ketones is 1. The summed E-state index contributed by atoms with van der Waals surface area (Å²) in [5, 5.41) is 6.97. The summed E-state index contributed by atoms with van der Waals surface area (Å²) in [6, 6.07) is 33.4. The van der Waals surface area contributed by atoms with Crippen molar-refractivity contribution in [2.75, 3.05) is 0 Å². The van der Waals surface area contributed by atoms with Gasteiger partial charge in [0.05, 0.1) is 0 Å². The fraction of sp³-hybridized carbons (Fsp3) is 0.194. The Hall–Kier alpha value is -3.33. The first-order chi connectivity index (χ1) is 17.3. The number of Topliss-reactive ketones (excluding diaryl/α,β-unsaturated/α-hetero) is 1. The fourth-order valence-corrected chi connectivity index (χ4v) is 7.09. The molecule has 4 heteroatoms. The van der Waals surface area contributed by atoms with Gasteiger partial charge in [0.1, 0.15) is 0 Å². The van der Waals surface area contributed by atoms with E-state index in [1.807, 2.05) is 24.3 Å². The Morgan fingerprint density at radius 3 is 2.54 bits per heavy atom. The van der Waals surface area contributed by atoms with Crippen LogP contribution in [0.3, 0.4) is 0 Å². The molecule has 35 heavy (non-hydrogen) atoms. The van der Waals surface area contributed by atoms with Crippen LogP contribution in [0.5, 0.6) is 0 Å². The van der Waals surface area contributed by atoms with E-state index < -0.39 is 0 Å². The number of hydrogen-bond acceptors (Lipinski definition) is 3. The van der Waals surface area contributed by atoms with Crippen LogP contribution in [0.25, 0.3) is 21.9 Å². The van der Waals surface area contributed by atoms with Crippen LogP contribution in [0.4, 0.5) is 0 Å². The molecule has 0 N–H and O–H groups in total. The van der Waals surface area contributed by atoms with Gasteiger partial charge in [0.25, 0.3) is 0 Å². The van der Waals surface area contributed by atoms with Gasteiger partial charge in [-0.2, -0.15) is 0 Å². The molecule has 0 spiro atoms. The molecule has 1 aliphatic carbocycles. The normalized spacial score (nSPS) is 16.1. The van der Waals surface area contributed by atoms with E-state index in [1.165, 1.54) is 26.5 Å². The van der Waals surface area contributed by atoms with Gasteiger partial charge >= 0.3 is 194 Å². The number of aryl methyl sites for hydroxylation is 1. The first-order valence-corrected chi connectivity index (χ1v) is 13.9. The van der Waals surface area contributed by atoms with Crippen LogP contribution < -0.4 is 0 Å². The maximum atomic E-state index is 14.0. The van der Waals surface area contributed by atoms with E-state index in [-0.39, 0.29) is 32.4 Å². The topological polar surface area (TPSA) is 42.9 Å². The zero-order valence-electron chi connectivity index (χ0n) is 19.4. The van der Waals surface area contributed by atoms with Gasteiger partial charge in [0.2, 0.25) is 0 Å². The third-order valence-corrected chi connectivity index (χ3v) is 8.93. The Balaban J connectivity index is 1.37. The third kappa shape index (κ3) is 4.40. The van der Waals surface area contributed by atoms with Crippen LogP contribution >= 0.6 is 0 Å². The molecule has 4 aromatic carbocycles. The molecular weight excluding hydrogens is 495 g/mol. The molecule has 2 atom stereocenters. The number of aromatic nitrogens is 2. The second kappa shape index (κ2) is 9.73. The second-order valence-electron chi connectivity index (χ2n) is 9.33. The summed E-state index contributed by atoms with van der Waals surface area (Å²) < 4.78 is 5.83. The van der Waals surface area contributed by atoms with Crippen molar-refractivity contribution in [2.45, 2.75) is 37.5 Å². The molecule has 1 aromatic heterocycles. The summed E-state index contributed by atoms with van der Waals surface area (Å²) in [7, 11) is 0. The van der Waals surface area contributed by atoms with Crippen molar-refractivity contribution in [1.29, 1.82) is 0 Å². The van der Waals surface area contributed by atoms with Crippen molar-refractivity contribution < 1.29 is 4.79 Å². The van der Waals surface area contributed by atoms with Crippen LogP contribution in [0.2, 0.25) is 0 Å². The number of fused-ring (bicyclic) bond motifs is 2. The van der Waals surface area contributed by atoms with Crippen molar-refractivity contribution in [3.8, 4) is 11.1 Å². The van der Waals surface area contributed by atoms with Gasteiger partial charge in [-0.25, -0.2) is 0 Å². The van der Waals surface area contributed by atoms with Gasteiger partial charge in [-0.3, -0.25) is 0 Å². The van der Waals surface area contributed by atoms with E-state index in [0.717, 1.165) is 36.0 Å². The third-order valence-electron chi connectivity index (χ3n) is 7.26. The molecule has 5 aromatic rings. The van der Waals surface area contributed by atoms with Crippen LogP contribution in [-0.2, 0) is 6.42 Å². The van der Waals surface area contributed by atoms with Crippen molar-refractivity contribution in [3.63, 3.8) is 0 Å². The zero-order valence-corrected chi connectivity index (χ0v) is 21.1. The van der Waals surface area contributed by atoms with Crippen molar-refractivity contribution >= 4 is 31.3 Å². The summed E-state index contributed by atoms with van der Waals surface area (Å²) in [6.07, 6.45) is 3.80. The van der Waals surface area contributed by atoms with E-state index in [9.17, 15) is 4.79 Å². The number of benzene rings is 4. The van der Waals surface area contributed by atoms with E-state index in [0.29, 0.717) is 6.42 Å². The first-order valence-electron chi connectivity index (χ1n) is 12.3. The Morgan fingerprint density at radius 1 is 0.886 bits per heavy atom. The average Bonchev–Trinajstić information content (AvgIpc) is 3.41. The zero-order chi connectivity index (χ0) is 23.6. The minimum absolute atomic E-state index is 0.103. The molecule has 0 amide bonds. The van der Waals surface area contributed by atoms with Crippen LogP contribution in [0.1, 0.15) is 57.2 Å². The number of carbonyl (C=O) groups is 1. The van der Waals surface area contributed by atoms with E-state index in [4.69, 9.17) is 0 Å². The maximum absolute atomic E-state index is 14.0. The molecule has 0 aliphatic heterocycles. The van der Waals surface area contributed by atoms with Crippen molar-refractivity contribution in [2.24, 2.45) is 0 Å². The molecule has 172 valence electrons. The Labute approximate surface area is 211 Å². The van der Waals surface area contributed by atoms with Crippen molar-refractivity contribution in [3.05, 3.63) is 118 Å². The summed E-state index contributed by atoms with van der Waals surface area (Å²) in [5.41, 5.74) is 5.27. The molecule has 0 radical (unpaired) electrons. The predicted octanol–water partition coefficient (Wildman–Crippen LogP) is 6.83. The summed E-state index contributed by atoms with van der Waals surface area (Å²) in [4.78, 5) is 14.0. The standard InChI is InChI=1S/C31H26N2OSe/c34-29(26-14-7-6-13-25(26)24-18-17-21-9-4-5-12-23(21)19-24)20-28(22-10-2-1-3-11-22)27-15-8-16-30-31(27)32-33-35-30/h1-7,9-14,17-19,27-28H,8,15-16,20H2/t27-,28-/m0/s1. The molecule has 0 fully saturated rings. The minimum atomic E-state index is 0.103. The van der Waals surface area contributed by atoms with Crippen LogP contribution in [0.15, 0.2) is 97.1 Å². The quantitative estimate of drug-likeness (QED) is 0.182. The van der Waals surface area contributed by atoms with Crippen LogP contribution in [0, 0.1) is 0 Å². The average molecular weight is 522 g/mol. The van der Waals surface area contributed by atoms with E-state index in [2.05, 4.69) is 82.0 Å². The summed E-state index contributed by atoms with van der Waals surface area (Å²) in [6.45, 7) is 0.